The van der Waals surface area contributed by atoms with Crippen LogP contribution in [0.3, 0.4) is 0 Å². The van der Waals surface area contributed by atoms with Crippen molar-refractivity contribution in [2.24, 2.45) is 0 Å². The van der Waals surface area contributed by atoms with Gasteiger partial charge in [-0.2, -0.15) is 9.40 Å². The number of rotatable bonds is 5. The van der Waals surface area contributed by atoms with Crippen molar-refractivity contribution in [3.8, 4) is 0 Å². The van der Waals surface area contributed by atoms with Gasteiger partial charge in [-0.05, 0) is 31.7 Å². The van der Waals surface area contributed by atoms with Gasteiger partial charge in [0.25, 0.3) is 10.0 Å². The molecule has 3 heterocycles. The average molecular weight is 404 g/mol. The third-order valence-electron chi connectivity index (χ3n) is 4.57. The molecule has 0 N–H and O–H groups in total. The highest BCUT2D eigenvalue weighted by Crippen LogP contribution is 2.28. The summed E-state index contributed by atoms with van der Waals surface area (Å²) in [6.45, 7) is 3.90. The minimum Gasteiger partial charge on any atom is -0.265 e. The third kappa shape index (κ3) is 3.53. The molecule has 1 aliphatic heterocycles. The molecule has 0 unspecified atom stereocenters. The molecule has 2 aromatic heterocycles. The van der Waals surface area contributed by atoms with Crippen LogP contribution in [-0.2, 0) is 26.4 Å². The molecule has 1 fully saturated rings. The molecule has 25 heavy (non-hydrogen) atoms. The molecule has 1 atom stereocenters. The predicted octanol–water partition coefficient (Wildman–Crippen LogP) is 1.74. The number of hydrogen-bond donors (Lipinski definition) is 0. The first-order chi connectivity index (χ1) is 11.6. The normalized spacial score (nSPS) is 20.4. The van der Waals surface area contributed by atoms with E-state index in [1.807, 2.05) is 13.8 Å². The molecule has 0 amide bonds. The van der Waals surface area contributed by atoms with Gasteiger partial charge in [0.1, 0.15) is 4.21 Å². The van der Waals surface area contributed by atoms with Crippen molar-refractivity contribution in [2.75, 3.05) is 18.6 Å². The van der Waals surface area contributed by atoms with E-state index in [9.17, 15) is 16.8 Å². The molecule has 138 valence electrons. The minimum absolute atomic E-state index is 0.0950. The highest BCUT2D eigenvalue weighted by molar-refractivity contribution is 7.91. The molecular formula is C15H21N3O4S3. The van der Waals surface area contributed by atoms with Crippen molar-refractivity contribution in [1.82, 2.24) is 14.1 Å². The van der Waals surface area contributed by atoms with Gasteiger partial charge in [-0.3, -0.25) is 4.68 Å². The van der Waals surface area contributed by atoms with Crippen molar-refractivity contribution < 1.29 is 16.8 Å². The Labute approximate surface area is 152 Å². The summed E-state index contributed by atoms with van der Waals surface area (Å²) in [5.41, 5.74) is 2.38. The third-order valence-corrected chi connectivity index (χ3v) is 9.50. The lowest BCUT2D eigenvalue weighted by molar-refractivity contribution is 0.463. The maximum atomic E-state index is 12.6. The second-order valence-electron chi connectivity index (χ2n) is 6.34. The SMILES string of the molecule is Cc1nn([C@@H]2CCS(=O)(=O)C2)c(C)c1CN(C)S(=O)(=O)c1cccs1. The second-order valence-corrected chi connectivity index (χ2v) is 11.8. The summed E-state index contributed by atoms with van der Waals surface area (Å²) in [4.78, 5) is 0. The summed E-state index contributed by atoms with van der Waals surface area (Å²) >= 11 is 1.19. The number of sulfonamides is 1. The Morgan fingerprint density at radius 2 is 2.12 bits per heavy atom. The van der Waals surface area contributed by atoms with Crippen LogP contribution in [0, 0.1) is 13.8 Å². The van der Waals surface area contributed by atoms with Gasteiger partial charge < -0.3 is 0 Å². The highest BCUT2D eigenvalue weighted by Gasteiger charge is 2.32. The van der Waals surface area contributed by atoms with Gasteiger partial charge in [0.15, 0.2) is 9.84 Å². The molecule has 0 radical (unpaired) electrons. The van der Waals surface area contributed by atoms with Crippen LogP contribution in [0.4, 0.5) is 0 Å². The molecule has 0 bridgehead atoms. The lowest BCUT2D eigenvalue weighted by atomic mass is 10.2. The Balaban J connectivity index is 1.87. The molecular weight excluding hydrogens is 382 g/mol. The van der Waals surface area contributed by atoms with Gasteiger partial charge in [-0.25, -0.2) is 16.8 Å². The van der Waals surface area contributed by atoms with Crippen molar-refractivity contribution >= 4 is 31.2 Å². The van der Waals surface area contributed by atoms with Crippen LogP contribution in [0.25, 0.3) is 0 Å². The van der Waals surface area contributed by atoms with Crippen LogP contribution in [0.15, 0.2) is 21.7 Å². The molecule has 1 aliphatic rings. The predicted molar refractivity (Wildman–Crippen MR) is 97.0 cm³/mol. The topological polar surface area (TPSA) is 89.3 Å². The fourth-order valence-corrected chi connectivity index (χ4v) is 7.15. The highest BCUT2D eigenvalue weighted by atomic mass is 32.2. The molecule has 0 aliphatic carbocycles. The summed E-state index contributed by atoms with van der Waals surface area (Å²) in [5, 5.41) is 6.22. The number of aromatic nitrogens is 2. The van der Waals surface area contributed by atoms with E-state index in [-0.39, 0.29) is 24.1 Å². The molecule has 10 heteroatoms. The van der Waals surface area contributed by atoms with Gasteiger partial charge >= 0.3 is 0 Å². The number of nitrogens with zero attached hydrogens (tertiary/aromatic N) is 3. The smallest absolute Gasteiger partial charge is 0.252 e. The van der Waals surface area contributed by atoms with E-state index in [0.717, 1.165) is 17.0 Å². The number of aryl methyl sites for hydroxylation is 1. The summed E-state index contributed by atoms with van der Waals surface area (Å²) in [6.07, 6.45) is 0.549. The zero-order chi connectivity index (χ0) is 18.4. The summed E-state index contributed by atoms with van der Waals surface area (Å²) in [7, 11) is -5.00. The number of hydrogen-bond acceptors (Lipinski definition) is 6. The number of thiophene rings is 1. The lowest BCUT2D eigenvalue weighted by Gasteiger charge is -2.17. The van der Waals surface area contributed by atoms with E-state index in [2.05, 4.69) is 5.10 Å². The van der Waals surface area contributed by atoms with Crippen molar-refractivity contribution in [3.05, 3.63) is 34.5 Å². The molecule has 0 aromatic carbocycles. The molecule has 3 rings (SSSR count). The maximum absolute atomic E-state index is 12.6. The second kappa shape index (κ2) is 6.49. The van der Waals surface area contributed by atoms with E-state index < -0.39 is 19.9 Å². The van der Waals surface area contributed by atoms with Crippen LogP contribution >= 0.6 is 11.3 Å². The molecule has 0 spiro atoms. The first-order valence-corrected chi connectivity index (χ1v) is 12.0. The first kappa shape index (κ1) is 18.6. The Bertz CT molecular complexity index is 976. The minimum atomic E-state index is -3.54. The average Bonchev–Trinajstić information content (AvgIpc) is 3.23. The van der Waals surface area contributed by atoms with Gasteiger partial charge in [0.05, 0.1) is 23.2 Å². The van der Waals surface area contributed by atoms with Crippen LogP contribution in [0.2, 0.25) is 0 Å². The summed E-state index contributed by atoms with van der Waals surface area (Å²) in [6, 6.07) is 3.13. The zero-order valence-corrected chi connectivity index (χ0v) is 16.8. The molecule has 1 saturated heterocycles. The Hall–Kier alpha value is -1.23. The quantitative estimate of drug-likeness (QED) is 0.759. The fourth-order valence-electron chi connectivity index (χ4n) is 3.12. The lowest BCUT2D eigenvalue weighted by Crippen LogP contribution is -2.26. The van der Waals surface area contributed by atoms with Crippen LogP contribution < -0.4 is 0 Å². The van der Waals surface area contributed by atoms with Crippen molar-refractivity contribution in [2.45, 2.75) is 37.1 Å². The van der Waals surface area contributed by atoms with E-state index in [1.165, 1.54) is 15.6 Å². The standard InChI is InChI=1S/C15H21N3O4S3/c1-11-14(9-17(3)25(21,22)15-5-4-7-23-15)12(2)18(16-11)13-6-8-24(19,20)10-13/h4-5,7,13H,6,8-10H2,1-3H3/t13-/m1/s1. The Morgan fingerprint density at radius 1 is 1.40 bits per heavy atom. The van der Waals surface area contributed by atoms with E-state index >= 15 is 0 Å². The summed E-state index contributed by atoms with van der Waals surface area (Å²) < 4.78 is 52.0. The van der Waals surface area contributed by atoms with Crippen LogP contribution in [0.5, 0.6) is 0 Å². The van der Waals surface area contributed by atoms with Crippen molar-refractivity contribution in [3.63, 3.8) is 0 Å². The van der Waals surface area contributed by atoms with E-state index in [0.29, 0.717) is 10.6 Å². The van der Waals surface area contributed by atoms with Gasteiger partial charge in [-0.15, -0.1) is 11.3 Å². The van der Waals surface area contributed by atoms with E-state index in [1.54, 1.807) is 29.2 Å². The van der Waals surface area contributed by atoms with Gasteiger partial charge in [0.2, 0.25) is 0 Å². The fraction of sp³-hybridized carbons (Fsp3) is 0.533. The summed E-state index contributed by atoms with van der Waals surface area (Å²) in [5.74, 6) is 0.274. The van der Waals surface area contributed by atoms with Gasteiger partial charge in [-0.1, -0.05) is 6.07 Å². The molecule has 2 aromatic rings. The van der Waals surface area contributed by atoms with E-state index in [4.69, 9.17) is 0 Å². The molecule has 7 nitrogen and oxygen atoms in total. The molecule has 0 saturated carbocycles. The van der Waals surface area contributed by atoms with Crippen molar-refractivity contribution in [1.29, 1.82) is 0 Å². The zero-order valence-electron chi connectivity index (χ0n) is 14.3. The van der Waals surface area contributed by atoms with Crippen LogP contribution in [0.1, 0.15) is 29.4 Å². The number of sulfone groups is 1. The van der Waals surface area contributed by atoms with Crippen LogP contribution in [-0.4, -0.2) is 49.5 Å². The first-order valence-electron chi connectivity index (χ1n) is 7.86. The Kier molecular flexibility index (Phi) is 4.82. The van der Waals surface area contributed by atoms with Gasteiger partial charge in [0, 0.05) is 24.8 Å². The monoisotopic (exact) mass is 403 g/mol. The largest absolute Gasteiger partial charge is 0.265 e. The maximum Gasteiger partial charge on any atom is 0.252 e. The Morgan fingerprint density at radius 3 is 2.68 bits per heavy atom.